The van der Waals surface area contributed by atoms with Gasteiger partial charge in [-0.2, -0.15) is 10.1 Å². The van der Waals surface area contributed by atoms with Crippen molar-refractivity contribution >= 4 is 23.4 Å². The lowest BCUT2D eigenvalue weighted by Crippen LogP contribution is -2.18. The van der Waals surface area contributed by atoms with Crippen molar-refractivity contribution in [3.8, 4) is 0 Å². The maximum atomic E-state index is 11.7. The van der Waals surface area contributed by atoms with Gasteiger partial charge < -0.3 is 16.4 Å². The van der Waals surface area contributed by atoms with Gasteiger partial charge in [0.1, 0.15) is 5.82 Å². The molecule has 3 aromatic rings. The van der Waals surface area contributed by atoms with Crippen LogP contribution in [0.25, 0.3) is 0 Å². The zero-order chi connectivity index (χ0) is 18.7. The molecule has 0 saturated heterocycles. The number of aryl methyl sites for hydroxylation is 2. The Morgan fingerprint density at radius 2 is 2.12 bits per heavy atom. The van der Waals surface area contributed by atoms with Crippen LogP contribution in [0.3, 0.4) is 0 Å². The van der Waals surface area contributed by atoms with Crippen LogP contribution in [0.4, 0.5) is 17.5 Å². The molecule has 1 aromatic carbocycles. The Kier molecular flexibility index (Phi) is 4.83. The number of carbonyl (C=O) groups excluding carboxylic acids is 1. The third kappa shape index (κ3) is 3.97. The van der Waals surface area contributed by atoms with E-state index in [1.54, 1.807) is 17.1 Å². The summed E-state index contributed by atoms with van der Waals surface area (Å²) >= 11 is 0. The van der Waals surface area contributed by atoms with Gasteiger partial charge in [-0.3, -0.25) is 9.48 Å². The van der Waals surface area contributed by atoms with Crippen molar-refractivity contribution in [2.24, 2.45) is 12.8 Å². The number of rotatable bonds is 6. The zero-order valence-electron chi connectivity index (χ0n) is 14.9. The molecule has 0 saturated carbocycles. The van der Waals surface area contributed by atoms with Crippen molar-refractivity contribution < 1.29 is 4.79 Å². The van der Waals surface area contributed by atoms with E-state index in [4.69, 9.17) is 5.73 Å². The first-order valence-electron chi connectivity index (χ1n) is 8.18. The Morgan fingerprint density at radius 3 is 2.77 bits per heavy atom. The van der Waals surface area contributed by atoms with E-state index in [0.717, 1.165) is 16.8 Å². The predicted molar refractivity (Wildman–Crippen MR) is 100 cm³/mol. The van der Waals surface area contributed by atoms with Crippen LogP contribution >= 0.6 is 0 Å². The van der Waals surface area contributed by atoms with Gasteiger partial charge >= 0.3 is 0 Å². The lowest BCUT2D eigenvalue weighted by Gasteiger charge is -2.17. The van der Waals surface area contributed by atoms with Crippen LogP contribution in [-0.2, 0) is 7.05 Å². The van der Waals surface area contributed by atoms with E-state index in [-0.39, 0.29) is 11.6 Å². The molecule has 3 rings (SSSR count). The molecular weight excluding hydrogens is 330 g/mol. The molecule has 8 heteroatoms. The van der Waals surface area contributed by atoms with Crippen LogP contribution in [0.5, 0.6) is 0 Å². The topological polar surface area (TPSA) is 111 Å². The quantitative estimate of drug-likeness (QED) is 0.629. The SMILES string of the molecule is Cc1cccc(C(C)Nc2nc(Nc3cnn(C)c3)ncc2C(N)=O)c1. The Labute approximate surface area is 151 Å². The fourth-order valence-corrected chi connectivity index (χ4v) is 2.58. The van der Waals surface area contributed by atoms with E-state index in [9.17, 15) is 4.79 Å². The molecule has 0 fully saturated rings. The standard InChI is InChI=1S/C18H21N7O/c1-11-5-4-6-13(7-11)12(2)22-17-15(16(19)26)9-20-18(24-17)23-14-8-21-25(3)10-14/h4-10,12H,1-3H3,(H2,19,26)(H2,20,22,23,24). The summed E-state index contributed by atoms with van der Waals surface area (Å²) in [6.45, 7) is 4.03. The van der Waals surface area contributed by atoms with E-state index >= 15 is 0 Å². The number of amides is 1. The maximum absolute atomic E-state index is 11.7. The van der Waals surface area contributed by atoms with Gasteiger partial charge in [-0.25, -0.2) is 4.98 Å². The molecule has 1 unspecified atom stereocenters. The third-order valence-electron chi connectivity index (χ3n) is 3.91. The second-order valence-corrected chi connectivity index (χ2v) is 6.13. The number of hydrogen-bond donors (Lipinski definition) is 3. The van der Waals surface area contributed by atoms with E-state index in [1.807, 2.05) is 39.1 Å². The highest BCUT2D eigenvalue weighted by molar-refractivity contribution is 5.97. The van der Waals surface area contributed by atoms with Crippen molar-refractivity contribution in [3.63, 3.8) is 0 Å². The first-order valence-corrected chi connectivity index (χ1v) is 8.18. The number of carbonyl (C=O) groups is 1. The number of hydrogen-bond acceptors (Lipinski definition) is 6. The van der Waals surface area contributed by atoms with Crippen LogP contribution in [0.2, 0.25) is 0 Å². The molecule has 26 heavy (non-hydrogen) atoms. The summed E-state index contributed by atoms with van der Waals surface area (Å²) < 4.78 is 1.67. The van der Waals surface area contributed by atoms with Crippen LogP contribution in [-0.4, -0.2) is 25.7 Å². The van der Waals surface area contributed by atoms with E-state index < -0.39 is 5.91 Å². The minimum Gasteiger partial charge on any atom is -0.365 e. The van der Waals surface area contributed by atoms with Gasteiger partial charge in [0.25, 0.3) is 5.91 Å². The van der Waals surface area contributed by atoms with Gasteiger partial charge in [-0.15, -0.1) is 0 Å². The smallest absolute Gasteiger partial charge is 0.254 e. The number of benzene rings is 1. The molecule has 4 N–H and O–H groups in total. The average molecular weight is 351 g/mol. The van der Waals surface area contributed by atoms with Crippen LogP contribution in [0.1, 0.15) is 34.5 Å². The summed E-state index contributed by atoms with van der Waals surface area (Å²) in [5.41, 5.74) is 8.70. The molecule has 8 nitrogen and oxygen atoms in total. The minimum atomic E-state index is -0.586. The Morgan fingerprint density at radius 1 is 1.31 bits per heavy atom. The molecule has 1 amide bonds. The molecule has 0 aliphatic rings. The zero-order valence-corrected chi connectivity index (χ0v) is 14.9. The Balaban J connectivity index is 1.87. The number of anilines is 3. The summed E-state index contributed by atoms with van der Waals surface area (Å²) in [4.78, 5) is 20.3. The second-order valence-electron chi connectivity index (χ2n) is 6.13. The van der Waals surface area contributed by atoms with E-state index in [1.165, 1.54) is 6.20 Å². The number of nitrogens with zero attached hydrogens (tertiary/aromatic N) is 4. The fourth-order valence-electron chi connectivity index (χ4n) is 2.58. The van der Waals surface area contributed by atoms with Crippen molar-refractivity contribution in [1.82, 2.24) is 19.7 Å². The monoisotopic (exact) mass is 351 g/mol. The molecule has 2 aromatic heterocycles. The molecule has 0 spiro atoms. The number of primary amides is 1. The summed E-state index contributed by atoms with van der Waals surface area (Å²) in [6.07, 6.45) is 4.88. The summed E-state index contributed by atoms with van der Waals surface area (Å²) in [7, 11) is 1.82. The summed E-state index contributed by atoms with van der Waals surface area (Å²) in [5, 5.41) is 10.4. The molecule has 0 radical (unpaired) electrons. The lowest BCUT2D eigenvalue weighted by molar-refractivity contribution is 0.100. The van der Waals surface area contributed by atoms with Crippen molar-refractivity contribution in [2.45, 2.75) is 19.9 Å². The van der Waals surface area contributed by atoms with E-state index in [0.29, 0.717) is 11.8 Å². The highest BCUT2D eigenvalue weighted by atomic mass is 16.1. The van der Waals surface area contributed by atoms with Crippen LogP contribution in [0, 0.1) is 6.92 Å². The largest absolute Gasteiger partial charge is 0.365 e. The molecule has 2 heterocycles. The van der Waals surface area contributed by atoms with Crippen LogP contribution in [0.15, 0.2) is 42.9 Å². The second kappa shape index (κ2) is 7.22. The van der Waals surface area contributed by atoms with E-state index in [2.05, 4.69) is 31.8 Å². The van der Waals surface area contributed by atoms with Gasteiger partial charge in [-0.05, 0) is 19.4 Å². The first kappa shape index (κ1) is 17.4. The number of nitrogens with two attached hydrogens (primary N) is 1. The third-order valence-corrected chi connectivity index (χ3v) is 3.91. The molecule has 1 atom stereocenters. The van der Waals surface area contributed by atoms with Crippen molar-refractivity contribution in [2.75, 3.05) is 10.6 Å². The maximum Gasteiger partial charge on any atom is 0.254 e. The summed E-state index contributed by atoms with van der Waals surface area (Å²) in [5.74, 6) is 0.145. The fraction of sp³-hybridized carbons (Fsp3) is 0.222. The average Bonchev–Trinajstić information content (AvgIpc) is 2.99. The number of nitrogens with one attached hydrogen (secondary N) is 2. The lowest BCUT2D eigenvalue weighted by atomic mass is 10.1. The van der Waals surface area contributed by atoms with Crippen molar-refractivity contribution in [3.05, 3.63) is 59.5 Å². The highest BCUT2D eigenvalue weighted by Gasteiger charge is 2.15. The predicted octanol–water partition coefficient (Wildman–Crippen LogP) is 2.53. The van der Waals surface area contributed by atoms with Crippen LogP contribution < -0.4 is 16.4 Å². The van der Waals surface area contributed by atoms with Gasteiger partial charge in [0.05, 0.1) is 17.4 Å². The van der Waals surface area contributed by atoms with Gasteiger partial charge in [-0.1, -0.05) is 29.8 Å². The summed E-state index contributed by atoms with van der Waals surface area (Å²) in [6, 6.07) is 8.07. The minimum absolute atomic E-state index is 0.0610. The Hall–Kier alpha value is -3.42. The Bertz CT molecular complexity index is 935. The molecular formula is C18H21N7O. The van der Waals surface area contributed by atoms with Crippen molar-refractivity contribution in [1.29, 1.82) is 0 Å². The van der Waals surface area contributed by atoms with Gasteiger partial charge in [0.2, 0.25) is 5.95 Å². The number of aromatic nitrogens is 4. The molecule has 0 aliphatic heterocycles. The first-order chi connectivity index (χ1) is 12.4. The molecule has 0 bridgehead atoms. The van der Waals surface area contributed by atoms with Gasteiger partial charge in [0, 0.05) is 25.5 Å². The van der Waals surface area contributed by atoms with Gasteiger partial charge in [0.15, 0.2) is 0 Å². The molecule has 134 valence electrons. The normalized spacial score (nSPS) is 11.8. The molecule has 0 aliphatic carbocycles. The highest BCUT2D eigenvalue weighted by Crippen LogP contribution is 2.23.